The van der Waals surface area contributed by atoms with Crippen LogP contribution in [0.3, 0.4) is 0 Å². The van der Waals surface area contributed by atoms with Crippen LogP contribution < -0.4 is 11.1 Å². The van der Waals surface area contributed by atoms with Crippen LogP contribution in [0.1, 0.15) is 116 Å². The highest BCUT2D eigenvalue weighted by Gasteiger charge is 2.63. The van der Waals surface area contributed by atoms with Gasteiger partial charge < -0.3 is 0 Å². The summed E-state index contributed by atoms with van der Waals surface area (Å²) in [6.45, 7) is 15.8. The third-order valence-electron chi connectivity index (χ3n) is 12.9. The van der Waals surface area contributed by atoms with Crippen molar-refractivity contribution in [2.75, 3.05) is 0 Å². The van der Waals surface area contributed by atoms with Crippen LogP contribution >= 0.6 is 0 Å². The Balaban J connectivity index is 0.000000161. The van der Waals surface area contributed by atoms with E-state index in [2.05, 4.69) is 46.6 Å². The third kappa shape index (κ3) is 4.02. The van der Waals surface area contributed by atoms with Gasteiger partial charge in [-0.05, 0) is 79.5 Å². The predicted octanol–water partition coefficient (Wildman–Crippen LogP) is 8.37. The van der Waals surface area contributed by atoms with E-state index in [1.54, 1.807) is 0 Å². The summed E-state index contributed by atoms with van der Waals surface area (Å²) in [5, 5.41) is 3.11. The van der Waals surface area contributed by atoms with E-state index < -0.39 is 23.3 Å². The topological polar surface area (TPSA) is 64.7 Å². The molecular weight excluding hydrogens is 608 g/mol. The van der Waals surface area contributed by atoms with E-state index in [4.69, 9.17) is 0 Å². The first-order valence-electron chi connectivity index (χ1n) is 16.1. The van der Waals surface area contributed by atoms with Gasteiger partial charge in [-0.25, -0.2) is 26.9 Å². The molecule has 2 fully saturated rings. The Kier molecular flexibility index (Phi) is 7.28. The SMILES string of the molecule is C.CC1(C)[C@@H]2CC[C@@]1(C)c1[nH]n(-c3ccc(F)cc3F)c(=O)c12.CCn1c2c(c(=O)n1-c1ccc(F)cc1F)[C@H]1CC[C@]2(C)C1(C)C. The maximum absolute atomic E-state index is 14.3. The summed E-state index contributed by atoms with van der Waals surface area (Å²) < 4.78 is 59.2. The van der Waals surface area contributed by atoms with E-state index in [1.807, 2.05) is 11.6 Å². The van der Waals surface area contributed by atoms with Gasteiger partial charge in [-0.1, -0.05) is 49.0 Å². The number of hydrogen-bond donors (Lipinski definition) is 1. The van der Waals surface area contributed by atoms with E-state index in [0.717, 1.165) is 66.4 Å². The van der Waals surface area contributed by atoms with E-state index in [9.17, 15) is 27.2 Å². The molecule has 0 amide bonds. The van der Waals surface area contributed by atoms with Crippen LogP contribution in [0.5, 0.6) is 0 Å². The van der Waals surface area contributed by atoms with Crippen molar-refractivity contribution >= 4 is 0 Å². The zero-order chi connectivity index (χ0) is 33.3. The zero-order valence-electron chi connectivity index (χ0n) is 27.3. The van der Waals surface area contributed by atoms with Crippen LogP contribution in [0.15, 0.2) is 46.0 Å². The van der Waals surface area contributed by atoms with Crippen LogP contribution in [0, 0.1) is 34.1 Å². The summed E-state index contributed by atoms with van der Waals surface area (Å²) in [6, 6.07) is 6.64. The minimum Gasteiger partial charge on any atom is -0.294 e. The molecule has 0 saturated heterocycles. The van der Waals surface area contributed by atoms with Crippen LogP contribution in [-0.4, -0.2) is 19.1 Å². The number of hydrogen-bond acceptors (Lipinski definition) is 2. The van der Waals surface area contributed by atoms with Gasteiger partial charge in [0.2, 0.25) is 0 Å². The van der Waals surface area contributed by atoms with Crippen molar-refractivity contribution < 1.29 is 17.6 Å². The fourth-order valence-corrected chi connectivity index (χ4v) is 9.56. The van der Waals surface area contributed by atoms with Crippen LogP contribution in [-0.2, 0) is 17.4 Å². The van der Waals surface area contributed by atoms with Crippen molar-refractivity contribution in [2.24, 2.45) is 10.8 Å². The molecular formula is C37H44F4N4O2. The highest BCUT2D eigenvalue weighted by molar-refractivity contribution is 5.48. The van der Waals surface area contributed by atoms with Gasteiger partial charge in [0.1, 0.15) is 23.0 Å². The third-order valence-corrected chi connectivity index (χ3v) is 12.9. The Morgan fingerprint density at radius 3 is 1.79 bits per heavy atom. The van der Waals surface area contributed by atoms with Gasteiger partial charge in [-0.2, -0.15) is 0 Å². The largest absolute Gasteiger partial charge is 0.294 e. The van der Waals surface area contributed by atoms with E-state index in [0.29, 0.717) is 6.54 Å². The Hall–Kier alpha value is -3.82. The van der Waals surface area contributed by atoms with Gasteiger partial charge in [0.05, 0.1) is 5.69 Å². The maximum atomic E-state index is 14.3. The van der Waals surface area contributed by atoms with Gasteiger partial charge in [0, 0.05) is 46.3 Å². The van der Waals surface area contributed by atoms with Crippen molar-refractivity contribution in [2.45, 2.75) is 111 Å². The first-order valence-corrected chi connectivity index (χ1v) is 16.1. The fraction of sp³-hybridized carbons (Fsp3) is 0.514. The number of aromatic nitrogens is 4. The molecule has 4 aromatic rings. The molecule has 2 saturated carbocycles. The minimum atomic E-state index is -0.737. The lowest BCUT2D eigenvalue weighted by molar-refractivity contribution is 0.215. The molecule has 4 atom stereocenters. The molecule has 8 rings (SSSR count). The lowest BCUT2D eigenvalue weighted by Gasteiger charge is -2.36. The number of H-pyrrole nitrogens is 1. The molecule has 0 radical (unpaired) electrons. The number of aromatic amines is 1. The normalized spacial score (nSPS) is 26.9. The van der Waals surface area contributed by atoms with Crippen molar-refractivity contribution in [1.82, 2.24) is 19.1 Å². The first kappa shape index (κ1) is 33.1. The lowest BCUT2D eigenvalue weighted by Crippen LogP contribution is -2.36. The molecule has 47 heavy (non-hydrogen) atoms. The summed E-state index contributed by atoms with van der Waals surface area (Å²) in [5.41, 5.74) is 3.25. The minimum absolute atomic E-state index is 0. The number of nitrogens with one attached hydrogen (secondary N) is 1. The van der Waals surface area contributed by atoms with Crippen molar-refractivity contribution in [3.8, 4) is 11.4 Å². The van der Waals surface area contributed by atoms with Crippen LogP contribution in [0.25, 0.3) is 11.4 Å². The van der Waals surface area contributed by atoms with Gasteiger partial charge in [0.15, 0.2) is 11.6 Å². The quantitative estimate of drug-likeness (QED) is 0.226. The molecule has 6 nitrogen and oxygen atoms in total. The maximum Gasteiger partial charge on any atom is 0.275 e. The van der Waals surface area contributed by atoms with E-state index in [1.165, 1.54) is 27.6 Å². The summed E-state index contributed by atoms with van der Waals surface area (Å²) in [7, 11) is 0. The number of rotatable bonds is 3. The predicted molar refractivity (Wildman–Crippen MR) is 175 cm³/mol. The molecule has 252 valence electrons. The second-order valence-electron chi connectivity index (χ2n) is 15.1. The summed E-state index contributed by atoms with van der Waals surface area (Å²) in [5.74, 6) is -2.34. The highest BCUT2D eigenvalue weighted by Crippen LogP contribution is 2.67. The molecule has 4 bridgehead atoms. The van der Waals surface area contributed by atoms with Gasteiger partial charge >= 0.3 is 0 Å². The van der Waals surface area contributed by atoms with Gasteiger partial charge in [0.25, 0.3) is 11.1 Å². The fourth-order valence-electron chi connectivity index (χ4n) is 9.56. The Bertz CT molecular complexity index is 2050. The Morgan fingerprint density at radius 1 is 0.745 bits per heavy atom. The van der Waals surface area contributed by atoms with E-state index >= 15 is 0 Å². The molecule has 4 aliphatic rings. The summed E-state index contributed by atoms with van der Waals surface area (Å²) >= 11 is 0. The standard InChI is InChI=1S/C19H22F2N2O.C17H18F2N2O.CH4/c1-5-22-16-15(12-8-9-19(16,4)18(12,2)3)17(24)23(22)14-7-6-11(20)10-13(14)21;1-16(2)10-6-7-17(16,3)14-13(10)15(22)21(20-14)12-5-4-9(18)8-11(12)19;/h6-7,10,12H,5,8-9H2,1-4H3;4-5,8,10,20H,6-7H2,1-3H3;1H4/t12-,19+;10-,17+;/m11./s1. The Labute approximate surface area is 272 Å². The van der Waals surface area contributed by atoms with Gasteiger partial charge in [-0.15, -0.1) is 0 Å². The molecule has 2 aromatic heterocycles. The lowest BCUT2D eigenvalue weighted by atomic mass is 9.70. The molecule has 4 aliphatic carbocycles. The van der Waals surface area contributed by atoms with E-state index in [-0.39, 0.29) is 63.4 Å². The first-order chi connectivity index (χ1) is 21.5. The number of nitrogens with zero attached hydrogens (tertiary/aromatic N) is 3. The highest BCUT2D eigenvalue weighted by atomic mass is 19.1. The van der Waals surface area contributed by atoms with Crippen molar-refractivity contribution in [1.29, 1.82) is 0 Å². The Morgan fingerprint density at radius 2 is 1.26 bits per heavy atom. The average Bonchev–Trinajstić information content (AvgIpc) is 3.70. The molecule has 0 spiro atoms. The summed E-state index contributed by atoms with van der Waals surface area (Å²) in [6.07, 6.45) is 4.03. The zero-order valence-corrected chi connectivity index (χ0v) is 27.3. The number of benzene rings is 2. The van der Waals surface area contributed by atoms with Crippen LogP contribution in [0.2, 0.25) is 0 Å². The smallest absolute Gasteiger partial charge is 0.275 e. The van der Waals surface area contributed by atoms with Crippen LogP contribution in [0.4, 0.5) is 17.6 Å². The molecule has 2 heterocycles. The monoisotopic (exact) mass is 652 g/mol. The van der Waals surface area contributed by atoms with Crippen molar-refractivity contribution in [3.63, 3.8) is 0 Å². The molecule has 0 aliphatic heterocycles. The number of fused-ring (bicyclic) bond motifs is 10. The molecule has 0 unspecified atom stereocenters. The second-order valence-corrected chi connectivity index (χ2v) is 15.1. The summed E-state index contributed by atoms with van der Waals surface area (Å²) in [4.78, 5) is 26.0. The molecule has 10 heteroatoms. The van der Waals surface area contributed by atoms with Crippen molar-refractivity contribution in [3.05, 3.63) is 103 Å². The molecule has 1 N–H and O–H groups in total. The number of halogens is 4. The average molecular weight is 653 g/mol. The second kappa shape index (κ2) is 10.3. The van der Waals surface area contributed by atoms with Gasteiger partial charge in [-0.3, -0.25) is 19.4 Å². The molecule has 2 aromatic carbocycles.